The number of fused-ring (bicyclic) bond motifs is 1. The summed E-state index contributed by atoms with van der Waals surface area (Å²) in [4.78, 5) is 21.7. The molecule has 6 nitrogen and oxygen atoms in total. The van der Waals surface area contributed by atoms with Crippen molar-refractivity contribution in [2.45, 2.75) is 13.3 Å². The number of carbonyl (C=O) groups is 1. The number of ether oxygens (including phenoxy) is 2. The fourth-order valence-corrected chi connectivity index (χ4v) is 3.55. The summed E-state index contributed by atoms with van der Waals surface area (Å²) in [5.41, 5.74) is 2.58. The van der Waals surface area contributed by atoms with Crippen molar-refractivity contribution in [1.82, 2.24) is 9.97 Å². The van der Waals surface area contributed by atoms with E-state index in [1.807, 2.05) is 25.1 Å². The lowest BCUT2D eigenvalue weighted by Crippen LogP contribution is -2.11. The van der Waals surface area contributed by atoms with Crippen molar-refractivity contribution in [3.8, 4) is 11.5 Å². The number of amides is 1. The summed E-state index contributed by atoms with van der Waals surface area (Å²) in [7, 11) is 0. The molecule has 0 atom stereocenters. The van der Waals surface area contributed by atoms with E-state index in [9.17, 15) is 4.79 Å². The average molecular weight is 353 g/mol. The Morgan fingerprint density at radius 3 is 2.84 bits per heavy atom. The molecule has 3 aromatic rings. The number of rotatable bonds is 4. The summed E-state index contributed by atoms with van der Waals surface area (Å²) in [5, 5.41) is 3.44. The molecule has 1 aromatic carbocycles. The molecule has 0 unspecified atom stereocenters. The van der Waals surface area contributed by atoms with Crippen LogP contribution in [0, 0.1) is 6.92 Å². The molecule has 0 spiro atoms. The van der Waals surface area contributed by atoms with Gasteiger partial charge in [0, 0.05) is 29.3 Å². The number of aromatic nitrogens is 2. The Labute approximate surface area is 148 Å². The molecule has 2 aromatic heterocycles. The predicted octanol–water partition coefficient (Wildman–Crippen LogP) is 3.42. The summed E-state index contributed by atoms with van der Waals surface area (Å²) in [6, 6.07) is 9.26. The van der Waals surface area contributed by atoms with Crippen LogP contribution in [0.1, 0.15) is 26.5 Å². The van der Waals surface area contributed by atoms with Crippen molar-refractivity contribution in [1.29, 1.82) is 0 Å². The molecule has 0 bridgehead atoms. The zero-order chi connectivity index (χ0) is 17.2. The van der Waals surface area contributed by atoms with E-state index in [0.717, 1.165) is 34.1 Å². The number of thiazole rings is 1. The number of aryl methyl sites for hydroxylation is 1. The third-order valence-corrected chi connectivity index (χ3v) is 4.93. The van der Waals surface area contributed by atoms with Crippen molar-refractivity contribution in [2.75, 3.05) is 12.1 Å². The zero-order valence-electron chi connectivity index (χ0n) is 13.5. The molecule has 0 fully saturated rings. The van der Waals surface area contributed by atoms with Crippen LogP contribution in [-0.2, 0) is 6.42 Å². The maximum Gasteiger partial charge on any atom is 0.257 e. The van der Waals surface area contributed by atoms with Gasteiger partial charge in [-0.05, 0) is 36.8 Å². The molecule has 7 heteroatoms. The van der Waals surface area contributed by atoms with Crippen molar-refractivity contribution < 1.29 is 14.3 Å². The molecule has 1 N–H and O–H groups in total. The quantitative estimate of drug-likeness (QED) is 0.778. The standard InChI is InChI=1S/C18H15N3O3S/c1-11-16(9-12-2-3-14-15(8-12)24-10-23-14)25-18(20-11)21-17(22)13-4-6-19-7-5-13/h2-8H,9-10H2,1H3,(H,20,21,22). The van der Waals surface area contributed by atoms with Gasteiger partial charge in [-0.25, -0.2) is 4.98 Å². The van der Waals surface area contributed by atoms with Gasteiger partial charge in [-0.3, -0.25) is 15.1 Å². The Kier molecular flexibility index (Phi) is 4.07. The van der Waals surface area contributed by atoms with Crippen LogP contribution in [0.2, 0.25) is 0 Å². The number of carbonyl (C=O) groups excluding carboxylic acids is 1. The first-order valence-electron chi connectivity index (χ1n) is 7.75. The Bertz CT molecular complexity index is 925. The van der Waals surface area contributed by atoms with Gasteiger partial charge >= 0.3 is 0 Å². The fourth-order valence-electron chi connectivity index (χ4n) is 2.55. The fraction of sp³-hybridized carbons (Fsp3) is 0.167. The SMILES string of the molecule is Cc1nc(NC(=O)c2ccncc2)sc1Cc1ccc2c(c1)OCO2. The number of benzene rings is 1. The number of hydrogen-bond donors (Lipinski definition) is 1. The lowest BCUT2D eigenvalue weighted by molar-refractivity contribution is 0.102. The highest BCUT2D eigenvalue weighted by molar-refractivity contribution is 7.15. The van der Waals surface area contributed by atoms with Gasteiger partial charge in [0.15, 0.2) is 16.6 Å². The van der Waals surface area contributed by atoms with Crippen molar-refractivity contribution in [2.24, 2.45) is 0 Å². The number of anilines is 1. The van der Waals surface area contributed by atoms with E-state index < -0.39 is 0 Å². The Balaban J connectivity index is 1.49. The largest absolute Gasteiger partial charge is 0.454 e. The molecule has 25 heavy (non-hydrogen) atoms. The minimum atomic E-state index is -0.189. The van der Waals surface area contributed by atoms with Crippen LogP contribution in [0.3, 0.4) is 0 Å². The van der Waals surface area contributed by atoms with Gasteiger partial charge in [0.1, 0.15) is 0 Å². The predicted molar refractivity (Wildman–Crippen MR) is 94.4 cm³/mol. The summed E-state index contributed by atoms with van der Waals surface area (Å²) >= 11 is 1.48. The normalized spacial score (nSPS) is 12.2. The molecule has 1 aliphatic heterocycles. The molecule has 0 radical (unpaired) electrons. The van der Waals surface area contributed by atoms with E-state index in [0.29, 0.717) is 10.7 Å². The second-order valence-electron chi connectivity index (χ2n) is 5.58. The maximum atomic E-state index is 12.2. The van der Waals surface area contributed by atoms with Crippen molar-refractivity contribution in [3.05, 3.63) is 64.4 Å². The monoisotopic (exact) mass is 353 g/mol. The topological polar surface area (TPSA) is 73.3 Å². The van der Waals surface area contributed by atoms with E-state index >= 15 is 0 Å². The van der Waals surface area contributed by atoms with E-state index in [4.69, 9.17) is 9.47 Å². The number of hydrogen-bond acceptors (Lipinski definition) is 6. The van der Waals surface area contributed by atoms with Crippen LogP contribution in [0.25, 0.3) is 0 Å². The van der Waals surface area contributed by atoms with Gasteiger partial charge in [-0.2, -0.15) is 0 Å². The van der Waals surface area contributed by atoms with Gasteiger partial charge in [-0.1, -0.05) is 6.07 Å². The summed E-state index contributed by atoms with van der Waals surface area (Å²) < 4.78 is 10.8. The highest BCUT2D eigenvalue weighted by atomic mass is 32.1. The van der Waals surface area contributed by atoms with E-state index in [-0.39, 0.29) is 12.7 Å². The summed E-state index contributed by atoms with van der Waals surface area (Å²) in [5.74, 6) is 1.35. The minimum absolute atomic E-state index is 0.189. The first kappa shape index (κ1) is 15.6. The molecule has 126 valence electrons. The van der Waals surface area contributed by atoms with Crippen molar-refractivity contribution in [3.63, 3.8) is 0 Å². The van der Waals surface area contributed by atoms with E-state index in [2.05, 4.69) is 15.3 Å². The van der Waals surface area contributed by atoms with Gasteiger partial charge in [0.05, 0.1) is 5.69 Å². The smallest absolute Gasteiger partial charge is 0.257 e. The molecule has 0 saturated carbocycles. The number of nitrogens with zero attached hydrogens (tertiary/aromatic N) is 2. The van der Waals surface area contributed by atoms with Crippen LogP contribution < -0.4 is 14.8 Å². The summed E-state index contributed by atoms with van der Waals surface area (Å²) in [6.07, 6.45) is 3.91. The highest BCUT2D eigenvalue weighted by Crippen LogP contribution is 2.34. The van der Waals surface area contributed by atoms with Crippen LogP contribution in [-0.4, -0.2) is 22.7 Å². The third kappa shape index (κ3) is 3.32. The minimum Gasteiger partial charge on any atom is -0.454 e. The molecule has 1 aliphatic rings. The number of pyridine rings is 1. The Hall–Kier alpha value is -2.93. The lowest BCUT2D eigenvalue weighted by Gasteiger charge is -2.02. The first-order valence-corrected chi connectivity index (χ1v) is 8.57. The zero-order valence-corrected chi connectivity index (χ0v) is 14.3. The maximum absolute atomic E-state index is 12.2. The Morgan fingerprint density at radius 2 is 2.00 bits per heavy atom. The molecular weight excluding hydrogens is 338 g/mol. The molecule has 0 aliphatic carbocycles. The second-order valence-corrected chi connectivity index (χ2v) is 6.67. The van der Waals surface area contributed by atoms with E-state index in [1.54, 1.807) is 24.5 Å². The average Bonchev–Trinajstić information content (AvgIpc) is 3.22. The lowest BCUT2D eigenvalue weighted by atomic mass is 10.1. The van der Waals surface area contributed by atoms with Crippen LogP contribution >= 0.6 is 11.3 Å². The van der Waals surface area contributed by atoms with Crippen LogP contribution in [0.5, 0.6) is 11.5 Å². The van der Waals surface area contributed by atoms with E-state index in [1.165, 1.54) is 11.3 Å². The van der Waals surface area contributed by atoms with Gasteiger partial charge in [0.2, 0.25) is 6.79 Å². The summed E-state index contributed by atoms with van der Waals surface area (Å²) in [6.45, 7) is 2.21. The van der Waals surface area contributed by atoms with Gasteiger partial charge < -0.3 is 9.47 Å². The molecule has 0 saturated heterocycles. The molecule has 3 heterocycles. The molecular formula is C18H15N3O3S. The van der Waals surface area contributed by atoms with Gasteiger partial charge in [0.25, 0.3) is 5.91 Å². The highest BCUT2D eigenvalue weighted by Gasteiger charge is 2.16. The second kappa shape index (κ2) is 6.52. The molecule has 1 amide bonds. The van der Waals surface area contributed by atoms with Crippen LogP contribution in [0.15, 0.2) is 42.7 Å². The molecule has 4 rings (SSSR count). The van der Waals surface area contributed by atoms with Crippen LogP contribution in [0.4, 0.5) is 5.13 Å². The van der Waals surface area contributed by atoms with Crippen molar-refractivity contribution >= 4 is 22.4 Å². The number of nitrogens with one attached hydrogen (secondary N) is 1. The van der Waals surface area contributed by atoms with Gasteiger partial charge in [-0.15, -0.1) is 11.3 Å². The third-order valence-electron chi connectivity index (χ3n) is 3.86. The first-order chi connectivity index (χ1) is 12.2. The Morgan fingerprint density at radius 1 is 1.20 bits per heavy atom.